The number of rotatable bonds is 4. The number of aromatic amines is 1. The van der Waals surface area contributed by atoms with E-state index in [2.05, 4.69) is 15.3 Å². The van der Waals surface area contributed by atoms with Crippen LogP contribution < -0.4 is 10.9 Å². The van der Waals surface area contributed by atoms with Crippen LogP contribution in [0.3, 0.4) is 0 Å². The topological polar surface area (TPSA) is 98.6 Å². The number of para-hydroxylation sites is 1. The summed E-state index contributed by atoms with van der Waals surface area (Å²) < 4.78 is 0. The molecular formula is C15H14N4O2S. The average molecular weight is 314 g/mol. The first kappa shape index (κ1) is 15.8. The van der Waals surface area contributed by atoms with E-state index < -0.39 is 5.25 Å². The monoisotopic (exact) mass is 314 g/mol. The minimum absolute atomic E-state index is 0.252. The highest BCUT2D eigenvalue weighted by Crippen LogP contribution is 2.21. The molecule has 0 spiro atoms. The molecule has 1 aromatic heterocycles. The van der Waals surface area contributed by atoms with Gasteiger partial charge in [0.15, 0.2) is 5.16 Å². The molecule has 112 valence electrons. The van der Waals surface area contributed by atoms with Gasteiger partial charge in [-0.3, -0.25) is 9.59 Å². The number of aromatic nitrogens is 2. The number of anilines is 1. The van der Waals surface area contributed by atoms with Gasteiger partial charge in [-0.15, -0.1) is 0 Å². The van der Waals surface area contributed by atoms with Gasteiger partial charge in [0, 0.05) is 11.8 Å². The van der Waals surface area contributed by atoms with Crippen LogP contribution in [0.15, 0.2) is 40.3 Å². The van der Waals surface area contributed by atoms with Gasteiger partial charge in [-0.2, -0.15) is 5.26 Å². The number of benzene rings is 1. The van der Waals surface area contributed by atoms with Crippen molar-refractivity contribution in [2.45, 2.75) is 24.3 Å². The van der Waals surface area contributed by atoms with Crippen molar-refractivity contribution < 1.29 is 4.79 Å². The van der Waals surface area contributed by atoms with Crippen molar-refractivity contribution in [2.24, 2.45) is 0 Å². The highest BCUT2D eigenvalue weighted by Gasteiger charge is 2.17. The molecule has 0 saturated heterocycles. The first-order valence-corrected chi connectivity index (χ1v) is 7.42. The Bertz CT molecular complexity index is 795. The summed E-state index contributed by atoms with van der Waals surface area (Å²) in [6, 6.07) is 10.2. The Labute approximate surface area is 131 Å². The summed E-state index contributed by atoms with van der Waals surface area (Å²) in [6.45, 7) is 3.42. The van der Waals surface area contributed by atoms with Gasteiger partial charge in [-0.1, -0.05) is 23.9 Å². The van der Waals surface area contributed by atoms with Crippen LogP contribution >= 0.6 is 11.8 Å². The van der Waals surface area contributed by atoms with Crippen molar-refractivity contribution in [3.63, 3.8) is 0 Å². The van der Waals surface area contributed by atoms with Crippen molar-refractivity contribution in [3.8, 4) is 6.07 Å². The highest BCUT2D eigenvalue weighted by atomic mass is 32.2. The Morgan fingerprint density at radius 2 is 2.18 bits per heavy atom. The largest absolute Gasteiger partial charge is 0.324 e. The predicted octanol–water partition coefficient (Wildman–Crippen LogP) is 2.07. The van der Waals surface area contributed by atoms with E-state index in [1.807, 2.05) is 6.07 Å². The molecule has 0 aliphatic carbocycles. The van der Waals surface area contributed by atoms with E-state index in [-0.39, 0.29) is 11.5 Å². The molecule has 0 aliphatic heterocycles. The first-order chi connectivity index (χ1) is 10.5. The molecule has 6 nitrogen and oxygen atoms in total. The number of carbonyl (C=O) groups excluding carboxylic acids is 1. The predicted molar refractivity (Wildman–Crippen MR) is 84.7 cm³/mol. The molecule has 0 bridgehead atoms. The van der Waals surface area contributed by atoms with Gasteiger partial charge in [0.1, 0.15) is 6.07 Å². The fourth-order valence-electron chi connectivity index (χ4n) is 1.75. The number of hydrogen-bond acceptors (Lipinski definition) is 5. The molecule has 1 amide bonds. The zero-order chi connectivity index (χ0) is 16.1. The molecular weight excluding hydrogens is 300 g/mol. The summed E-state index contributed by atoms with van der Waals surface area (Å²) >= 11 is 1.15. The number of carbonyl (C=O) groups is 1. The Hall–Kier alpha value is -2.59. The van der Waals surface area contributed by atoms with E-state index in [1.54, 1.807) is 38.1 Å². The second kappa shape index (κ2) is 6.91. The number of aryl methyl sites for hydroxylation is 1. The van der Waals surface area contributed by atoms with Gasteiger partial charge < -0.3 is 10.3 Å². The molecule has 2 aromatic rings. The molecule has 0 unspecified atom stereocenters. The fourth-order valence-corrected chi connectivity index (χ4v) is 2.61. The smallest absolute Gasteiger partial charge is 0.251 e. The van der Waals surface area contributed by atoms with Crippen molar-refractivity contribution in [3.05, 3.63) is 51.9 Å². The Kier molecular flexibility index (Phi) is 4.96. The number of nitriles is 1. The van der Waals surface area contributed by atoms with Crippen LogP contribution in [0.25, 0.3) is 0 Å². The minimum Gasteiger partial charge on any atom is -0.324 e. The van der Waals surface area contributed by atoms with E-state index in [0.29, 0.717) is 22.1 Å². The van der Waals surface area contributed by atoms with Crippen LogP contribution in [0, 0.1) is 18.3 Å². The highest BCUT2D eigenvalue weighted by molar-refractivity contribution is 8.00. The zero-order valence-electron chi connectivity index (χ0n) is 12.1. The molecule has 1 aromatic carbocycles. The van der Waals surface area contributed by atoms with Crippen LogP contribution in [0.5, 0.6) is 0 Å². The maximum Gasteiger partial charge on any atom is 0.251 e. The number of hydrogen-bond donors (Lipinski definition) is 2. The molecule has 2 rings (SSSR count). The summed E-state index contributed by atoms with van der Waals surface area (Å²) in [6.07, 6.45) is 0. The standard InChI is InChI=1S/C15H14N4O2S/c1-9-7-13(20)19-15(17-9)22-10(2)14(21)18-12-6-4-3-5-11(12)8-16/h3-7,10H,1-2H3,(H,18,21)(H,17,19,20)/t10-/m1/s1. The van der Waals surface area contributed by atoms with Gasteiger partial charge in [0.2, 0.25) is 5.91 Å². The average Bonchev–Trinajstić information content (AvgIpc) is 2.46. The molecule has 1 atom stereocenters. The van der Waals surface area contributed by atoms with Gasteiger partial charge >= 0.3 is 0 Å². The molecule has 0 aliphatic rings. The molecule has 0 radical (unpaired) electrons. The lowest BCUT2D eigenvalue weighted by atomic mass is 10.2. The molecule has 7 heteroatoms. The normalized spacial score (nSPS) is 11.5. The van der Waals surface area contributed by atoms with Gasteiger partial charge in [0.25, 0.3) is 5.56 Å². The number of amides is 1. The van der Waals surface area contributed by atoms with Crippen molar-refractivity contribution in [1.82, 2.24) is 9.97 Å². The third-order valence-corrected chi connectivity index (χ3v) is 3.80. The summed E-state index contributed by atoms with van der Waals surface area (Å²) in [5.41, 5.74) is 1.20. The summed E-state index contributed by atoms with van der Waals surface area (Å²) in [4.78, 5) is 30.3. The van der Waals surface area contributed by atoms with Crippen LogP contribution in [0.4, 0.5) is 5.69 Å². The summed E-state index contributed by atoms with van der Waals surface area (Å²) in [5, 5.41) is 11.6. The van der Waals surface area contributed by atoms with E-state index in [4.69, 9.17) is 5.26 Å². The molecule has 2 N–H and O–H groups in total. The van der Waals surface area contributed by atoms with Gasteiger partial charge in [-0.25, -0.2) is 4.98 Å². The summed E-state index contributed by atoms with van der Waals surface area (Å²) in [5.74, 6) is -0.267. The van der Waals surface area contributed by atoms with Gasteiger partial charge in [-0.05, 0) is 26.0 Å². The maximum atomic E-state index is 12.2. The quantitative estimate of drug-likeness (QED) is 0.665. The van der Waals surface area contributed by atoms with E-state index >= 15 is 0 Å². The summed E-state index contributed by atoms with van der Waals surface area (Å²) in [7, 11) is 0. The van der Waals surface area contributed by atoms with Crippen molar-refractivity contribution in [1.29, 1.82) is 5.26 Å². The van der Waals surface area contributed by atoms with E-state index in [9.17, 15) is 9.59 Å². The number of nitrogens with one attached hydrogen (secondary N) is 2. The minimum atomic E-state index is -0.475. The third-order valence-electron chi connectivity index (χ3n) is 2.81. The van der Waals surface area contributed by atoms with Crippen LogP contribution in [-0.4, -0.2) is 21.1 Å². The fraction of sp³-hybridized carbons (Fsp3) is 0.200. The number of nitrogens with zero attached hydrogens (tertiary/aromatic N) is 2. The second-order valence-corrected chi connectivity index (χ2v) is 5.93. The Morgan fingerprint density at radius 1 is 1.45 bits per heavy atom. The lowest BCUT2D eigenvalue weighted by Crippen LogP contribution is -2.23. The van der Waals surface area contributed by atoms with Crippen LogP contribution in [0.1, 0.15) is 18.2 Å². The van der Waals surface area contributed by atoms with E-state index in [0.717, 1.165) is 11.8 Å². The Morgan fingerprint density at radius 3 is 2.86 bits per heavy atom. The third kappa shape index (κ3) is 3.96. The van der Waals surface area contributed by atoms with E-state index in [1.165, 1.54) is 6.07 Å². The molecule has 0 saturated carbocycles. The molecule has 1 heterocycles. The van der Waals surface area contributed by atoms with Crippen LogP contribution in [-0.2, 0) is 4.79 Å². The van der Waals surface area contributed by atoms with Crippen LogP contribution in [0.2, 0.25) is 0 Å². The second-order valence-electron chi connectivity index (χ2n) is 4.60. The maximum absolute atomic E-state index is 12.2. The SMILES string of the molecule is Cc1cc(=O)[nH]c(S[C@H](C)C(=O)Nc2ccccc2C#N)n1. The zero-order valence-corrected chi connectivity index (χ0v) is 12.9. The van der Waals surface area contributed by atoms with Crippen molar-refractivity contribution >= 4 is 23.4 Å². The number of thioether (sulfide) groups is 1. The lowest BCUT2D eigenvalue weighted by Gasteiger charge is -2.12. The Balaban J connectivity index is 2.09. The number of H-pyrrole nitrogens is 1. The molecule has 0 fully saturated rings. The first-order valence-electron chi connectivity index (χ1n) is 6.54. The van der Waals surface area contributed by atoms with Crippen molar-refractivity contribution in [2.75, 3.05) is 5.32 Å². The van der Waals surface area contributed by atoms with Gasteiger partial charge in [0.05, 0.1) is 16.5 Å². The molecule has 22 heavy (non-hydrogen) atoms. The lowest BCUT2D eigenvalue weighted by molar-refractivity contribution is -0.115.